The molecule has 1 rings (SSSR count). The minimum Gasteiger partial charge on any atom is -0.480 e. The fraction of sp³-hybridized carbons (Fsp3) is 0.800. The molecule has 0 saturated carbocycles. The van der Waals surface area contributed by atoms with Crippen LogP contribution in [-0.2, 0) is 14.6 Å². The Labute approximate surface area is 119 Å². The summed E-state index contributed by atoms with van der Waals surface area (Å²) < 4.78 is 60.0. The Morgan fingerprint density at radius 2 is 1.95 bits per heavy atom. The van der Waals surface area contributed by atoms with Gasteiger partial charge in [0.05, 0.1) is 11.5 Å². The Kier molecular flexibility index (Phi) is 5.07. The molecule has 11 heteroatoms. The number of sulfone groups is 1. The Hall–Kier alpha value is -1.52. The summed E-state index contributed by atoms with van der Waals surface area (Å²) in [5.74, 6) is -2.29. The number of rotatable bonds is 3. The number of urea groups is 1. The van der Waals surface area contributed by atoms with Crippen molar-refractivity contribution in [3.63, 3.8) is 0 Å². The van der Waals surface area contributed by atoms with Gasteiger partial charge in [0.25, 0.3) is 0 Å². The summed E-state index contributed by atoms with van der Waals surface area (Å²) in [5, 5.41) is 8.60. The molecule has 0 aromatic heterocycles. The highest BCUT2D eigenvalue weighted by Crippen LogP contribution is 2.19. The van der Waals surface area contributed by atoms with Crippen LogP contribution in [0.15, 0.2) is 0 Å². The lowest BCUT2D eigenvalue weighted by molar-refractivity contribution is -0.150. The molecule has 2 amide bonds. The van der Waals surface area contributed by atoms with Crippen molar-refractivity contribution < 1.29 is 36.3 Å². The van der Waals surface area contributed by atoms with Gasteiger partial charge in [0.2, 0.25) is 0 Å². The van der Waals surface area contributed by atoms with Crippen LogP contribution in [-0.4, -0.2) is 78.7 Å². The molecule has 0 bridgehead atoms. The van der Waals surface area contributed by atoms with Gasteiger partial charge in [-0.1, -0.05) is 0 Å². The summed E-state index contributed by atoms with van der Waals surface area (Å²) in [5.41, 5.74) is 0. The van der Waals surface area contributed by atoms with Gasteiger partial charge < -0.3 is 14.9 Å². The number of amides is 2. The van der Waals surface area contributed by atoms with E-state index in [2.05, 4.69) is 0 Å². The van der Waals surface area contributed by atoms with Gasteiger partial charge in [0.1, 0.15) is 13.1 Å². The third kappa shape index (κ3) is 5.40. The number of hydrogen-bond donors (Lipinski definition) is 1. The first-order valence-corrected chi connectivity index (χ1v) is 7.78. The maximum Gasteiger partial charge on any atom is 0.406 e. The molecule has 0 aliphatic carbocycles. The third-order valence-corrected chi connectivity index (χ3v) is 4.68. The molecular weight excluding hydrogens is 317 g/mol. The minimum absolute atomic E-state index is 0.150. The lowest BCUT2D eigenvalue weighted by Crippen LogP contribution is -2.56. The summed E-state index contributed by atoms with van der Waals surface area (Å²) in [7, 11) is -3.33. The van der Waals surface area contributed by atoms with Crippen molar-refractivity contribution in [2.75, 3.05) is 31.1 Å². The summed E-state index contributed by atoms with van der Waals surface area (Å²) >= 11 is 0. The Morgan fingerprint density at radius 3 is 2.38 bits per heavy atom. The van der Waals surface area contributed by atoms with E-state index in [0.717, 1.165) is 4.90 Å². The van der Waals surface area contributed by atoms with Crippen molar-refractivity contribution in [2.24, 2.45) is 0 Å². The molecule has 7 nitrogen and oxygen atoms in total. The largest absolute Gasteiger partial charge is 0.480 e. The van der Waals surface area contributed by atoms with Gasteiger partial charge in [-0.05, 0) is 6.92 Å². The molecule has 1 aliphatic rings. The SMILES string of the molecule is CC1CS(=O)(=O)CCN1C(=O)N(CC(=O)O)CC(F)(F)F. The molecule has 1 saturated heterocycles. The highest BCUT2D eigenvalue weighted by atomic mass is 32.2. The molecular formula is C10H15F3N2O5S. The highest BCUT2D eigenvalue weighted by molar-refractivity contribution is 7.91. The maximum atomic E-state index is 12.4. The lowest BCUT2D eigenvalue weighted by Gasteiger charge is -2.36. The summed E-state index contributed by atoms with van der Waals surface area (Å²) in [4.78, 5) is 23.7. The number of halogens is 3. The zero-order valence-corrected chi connectivity index (χ0v) is 11.9. The molecule has 0 aromatic carbocycles. The van der Waals surface area contributed by atoms with E-state index >= 15 is 0 Å². The topological polar surface area (TPSA) is 95.0 Å². The highest BCUT2D eigenvalue weighted by Gasteiger charge is 2.39. The van der Waals surface area contributed by atoms with Gasteiger partial charge in [0, 0.05) is 12.6 Å². The van der Waals surface area contributed by atoms with Crippen molar-refractivity contribution in [3.05, 3.63) is 0 Å². The number of aliphatic carboxylic acids is 1. The molecule has 1 atom stereocenters. The zero-order valence-electron chi connectivity index (χ0n) is 11.1. The minimum atomic E-state index is -4.74. The third-order valence-electron chi connectivity index (χ3n) is 2.88. The van der Waals surface area contributed by atoms with Crippen molar-refractivity contribution in [3.8, 4) is 0 Å². The van der Waals surface area contributed by atoms with E-state index in [9.17, 15) is 31.2 Å². The molecule has 21 heavy (non-hydrogen) atoms. The molecule has 1 fully saturated rings. The number of carboxylic acid groups (broad SMARTS) is 1. The first kappa shape index (κ1) is 17.5. The quantitative estimate of drug-likeness (QED) is 0.795. The van der Waals surface area contributed by atoms with Gasteiger partial charge in [-0.3, -0.25) is 4.79 Å². The van der Waals surface area contributed by atoms with Gasteiger partial charge in [-0.15, -0.1) is 0 Å². The monoisotopic (exact) mass is 332 g/mol. The number of alkyl halides is 3. The number of nitrogens with zero attached hydrogens (tertiary/aromatic N) is 2. The van der Waals surface area contributed by atoms with Gasteiger partial charge >= 0.3 is 18.2 Å². The summed E-state index contributed by atoms with van der Waals surface area (Å²) in [6.07, 6.45) is -4.74. The van der Waals surface area contributed by atoms with Gasteiger partial charge in [-0.25, -0.2) is 13.2 Å². The molecule has 1 aliphatic heterocycles. The van der Waals surface area contributed by atoms with Gasteiger partial charge in [0.15, 0.2) is 9.84 Å². The maximum absolute atomic E-state index is 12.4. The number of carbonyl (C=O) groups excluding carboxylic acids is 1. The second-order valence-electron chi connectivity index (χ2n) is 4.80. The lowest BCUT2D eigenvalue weighted by atomic mass is 10.3. The van der Waals surface area contributed by atoms with Crippen molar-refractivity contribution in [1.82, 2.24) is 9.80 Å². The zero-order chi connectivity index (χ0) is 16.4. The second kappa shape index (κ2) is 6.08. The predicted octanol–water partition coefficient (Wildman–Crippen LogP) is 0.174. The van der Waals surface area contributed by atoms with Crippen LogP contribution in [0.5, 0.6) is 0 Å². The number of hydrogen-bond acceptors (Lipinski definition) is 4. The van der Waals surface area contributed by atoms with Crippen molar-refractivity contribution in [1.29, 1.82) is 0 Å². The Balaban J connectivity index is 2.87. The first-order valence-electron chi connectivity index (χ1n) is 5.96. The molecule has 1 heterocycles. The normalized spacial score (nSPS) is 21.9. The Morgan fingerprint density at radius 1 is 1.38 bits per heavy atom. The summed E-state index contributed by atoms with van der Waals surface area (Å²) in [6, 6.07) is -1.93. The molecule has 0 radical (unpaired) electrons. The molecule has 0 aromatic rings. The number of carboxylic acids is 1. The summed E-state index contributed by atoms with van der Waals surface area (Å²) in [6.45, 7) is -1.67. The molecule has 1 unspecified atom stereocenters. The van der Waals surface area contributed by atoms with Crippen LogP contribution in [0.3, 0.4) is 0 Å². The predicted molar refractivity (Wildman–Crippen MR) is 65.5 cm³/mol. The average Bonchev–Trinajstić information content (AvgIpc) is 2.23. The van der Waals surface area contributed by atoms with E-state index in [4.69, 9.17) is 5.11 Å². The average molecular weight is 332 g/mol. The standard InChI is InChI=1S/C10H15F3N2O5S/c1-7-5-21(19,20)3-2-15(7)9(18)14(4-8(16)17)6-10(11,12)13/h7H,2-6H2,1H3,(H,16,17). The van der Waals surface area contributed by atoms with E-state index in [1.54, 1.807) is 0 Å². The second-order valence-corrected chi connectivity index (χ2v) is 7.03. The van der Waals surface area contributed by atoms with Crippen LogP contribution < -0.4 is 0 Å². The van der Waals surface area contributed by atoms with E-state index in [-0.39, 0.29) is 23.0 Å². The van der Waals surface area contributed by atoms with Crippen LogP contribution in [0.1, 0.15) is 6.92 Å². The van der Waals surface area contributed by atoms with E-state index in [1.807, 2.05) is 0 Å². The smallest absolute Gasteiger partial charge is 0.406 e. The first-order chi connectivity index (χ1) is 9.41. The molecule has 1 N–H and O–H groups in total. The molecule has 0 spiro atoms. The van der Waals surface area contributed by atoms with E-state index in [0.29, 0.717) is 0 Å². The fourth-order valence-electron chi connectivity index (χ4n) is 2.04. The number of carbonyl (C=O) groups is 2. The van der Waals surface area contributed by atoms with Crippen molar-refractivity contribution >= 4 is 21.8 Å². The molecule has 122 valence electrons. The van der Waals surface area contributed by atoms with Crippen LogP contribution in [0, 0.1) is 0 Å². The van der Waals surface area contributed by atoms with Crippen LogP contribution in [0.2, 0.25) is 0 Å². The van der Waals surface area contributed by atoms with Crippen LogP contribution >= 0.6 is 0 Å². The van der Waals surface area contributed by atoms with Crippen LogP contribution in [0.4, 0.5) is 18.0 Å². The fourth-order valence-corrected chi connectivity index (χ4v) is 3.59. The van der Waals surface area contributed by atoms with Crippen molar-refractivity contribution in [2.45, 2.75) is 19.1 Å². The van der Waals surface area contributed by atoms with E-state index < -0.39 is 47.1 Å². The Bertz CT molecular complexity index is 519. The van der Waals surface area contributed by atoms with Crippen LogP contribution in [0.25, 0.3) is 0 Å². The van der Waals surface area contributed by atoms with E-state index in [1.165, 1.54) is 6.92 Å². The van der Waals surface area contributed by atoms with Gasteiger partial charge in [-0.2, -0.15) is 13.2 Å².